The highest BCUT2D eigenvalue weighted by Crippen LogP contribution is 2.36. The van der Waals surface area contributed by atoms with Crippen molar-refractivity contribution in [3.63, 3.8) is 0 Å². The van der Waals surface area contributed by atoms with Crippen LogP contribution in [0.2, 0.25) is 5.02 Å². The van der Waals surface area contributed by atoms with Crippen LogP contribution in [-0.4, -0.2) is 45.7 Å². The Kier molecular flexibility index (Phi) is 4.25. The lowest BCUT2D eigenvalue weighted by Gasteiger charge is -2.24. The van der Waals surface area contributed by atoms with Gasteiger partial charge in [0.25, 0.3) is 0 Å². The zero-order valence-electron chi connectivity index (χ0n) is 13.9. The van der Waals surface area contributed by atoms with Crippen LogP contribution in [-0.2, 0) is 11.2 Å². The number of benzene rings is 1. The minimum Gasteiger partial charge on any atom is -0.486 e. The van der Waals surface area contributed by atoms with Gasteiger partial charge >= 0.3 is 0 Å². The molecular formula is C17H19ClN4O3. The third-order valence-electron chi connectivity index (χ3n) is 4.54. The first kappa shape index (κ1) is 16.2. The van der Waals surface area contributed by atoms with Crippen molar-refractivity contribution >= 4 is 17.5 Å². The third kappa shape index (κ3) is 3.16. The van der Waals surface area contributed by atoms with Crippen molar-refractivity contribution in [3.8, 4) is 11.5 Å². The van der Waals surface area contributed by atoms with Gasteiger partial charge in [0.2, 0.25) is 5.91 Å². The molecule has 1 aromatic carbocycles. The summed E-state index contributed by atoms with van der Waals surface area (Å²) < 4.78 is 11.1. The quantitative estimate of drug-likeness (QED) is 0.907. The zero-order valence-corrected chi connectivity index (χ0v) is 14.7. The lowest BCUT2D eigenvalue weighted by atomic mass is 10.1. The van der Waals surface area contributed by atoms with Gasteiger partial charge in [-0.15, -0.1) is 0 Å². The summed E-state index contributed by atoms with van der Waals surface area (Å²) in [6.45, 7) is 3.57. The van der Waals surface area contributed by atoms with Crippen LogP contribution in [0.15, 0.2) is 12.1 Å². The lowest BCUT2D eigenvalue weighted by Crippen LogP contribution is -2.32. The number of nitrogens with one attached hydrogen (secondary N) is 1. The van der Waals surface area contributed by atoms with E-state index in [0.29, 0.717) is 42.1 Å². The molecule has 1 atom stereocenters. The van der Waals surface area contributed by atoms with Crippen molar-refractivity contribution in [2.24, 2.45) is 0 Å². The van der Waals surface area contributed by atoms with Crippen LogP contribution in [0.4, 0.5) is 0 Å². The molecule has 4 rings (SSSR count). The van der Waals surface area contributed by atoms with E-state index in [1.807, 2.05) is 11.8 Å². The molecular weight excluding hydrogens is 344 g/mol. The average molecular weight is 363 g/mol. The molecule has 1 N–H and O–H groups in total. The first-order valence-corrected chi connectivity index (χ1v) is 8.76. The number of nitrogens with zero attached hydrogens (tertiary/aromatic N) is 3. The predicted molar refractivity (Wildman–Crippen MR) is 91.0 cm³/mol. The van der Waals surface area contributed by atoms with Crippen LogP contribution in [0.25, 0.3) is 0 Å². The normalized spacial score (nSPS) is 19.3. The van der Waals surface area contributed by atoms with Gasteiger partial charge in [-0.05, 0) is 31.4 Å². The second-order valence-electron chi connectivity index (χ2n) is 6.29. The molecule has 0 saturated carbocycles. The summed E-state index contributed by atoms with van der Waals surface area (Å²) in [7, 11) is 0. The summed E-state index contributed by atoms with van der Waals surface area (Å²) in [5, 5.41) is 7.58. The number of amides is 1. The topological polar surface area (TPSA) is 80.3 Å². The molecule has 0 radical (unpaired) electrons. The maximum Gasteiger partial charge on any atom is 0.227 e. The van der Waals surface area contributed by atoms with Crippen LogP contribution < -0.4 is 9.47 Å². The highest BCUT2D eigenvalue weighted by atomic mass is 35.5. The number of fused-ring (bicyclic) bond motifs is 1. The van der Waals surface area contributed by atoms with Gasteiger partial charge in [-0.2, -0.15) is 5.10 Å². The van der Waals surface area contributed by atoms with Crippen LogP contribution >= 0.6 is 11.6 Å². The third-order valence-corrected chi connectivity index (χ3v) is 4.89. The fraction of sp³-hybridized carbons (Fsp3) is 0.471. The number of hydrogen-bond acceptors (Lipinski definition) is 5. The minimum absolute atomic E-state index is 0.0172. The maximum absolute atomic E-state index is 12.9. The molecule has 2 aliphatic rings. The standard InChI is InChI=1S/C17H19ClN4O3/c1-10-19-17(21-20-10)13-3-2-4-22(13)16(23)8-11-7-14-15(9-12(11)18)25-6-5-24-14/h7,9,13H,2-6,8H2,1H3,(H,19,20,21)/t13-/m0/s1. The van der Waals surface area contributed by atoms with E-state index in [1.165, 1.54) is 0 Å². The number of carbonyl (C=O) groups is 1. The van der Waals surface area contributed by atoms with Gasteiger partial charge in [0.15, 0.2) is 17.3 Å². The molecule has 0 unspecified atom stereocenters. The van der Waals surface area contributed by atoms with E-state index in [-0.39, 0.29) is 18.4 Å². The van der Waals surface area contributed by atoms with Crippen LogP contribution in [0.5, 0.6) is 11.5 Å². The molecule has 0 spiro atoms. The highest BCUT2D eigenvalue weighted by molar-refractivity contribution is 6.31. The number of likely N-dealkylation sites (tertiary alicyclic amines) is 1. The molecule has 2 aliphatic heterocycles. The van der Waals surface area contributed by atoms with Crippen molar-refractivity contribution in [1.82, 2.24) is 20.1 Å². The number of halogens is 1. The summed E-state index contributed by atoms with van der Waals surface area (Å²) >= 11 is 6.33. The summed E-state index contributed by atoms with van der Waals surface area (Å²) in [4.78, 5) is 19.1. The van der Waals surface area contributed by atoms with Crippen molar-refractivity contribution in [2.75, 3.05) is 19.8 Å². The van der Waals surface area contributed by atoms with Crippen LogP contribution in [0.1, 0.15) is 36.1 Å². The van der Waals surface area contributed by atoms with E-state index in [1.54, 1.807) is 12.1 Å². The molecule has 7 nitrogen and oxygen atoms in total. The second-order valence-corrected chi connectivity index (χ2v) is 6.70. The summed E-state index contributed by atoms with van der Waals surface area (Å²) in [6, 6.07) is 3.45. The number of aromatic amines is 1. The smallest absolute Gasteiger partial charge is 0.227 e. The first-order valence-electron chi connectivity index (χ1n) is 8.38. The maximum atomic E-state index is 12.9. The minimum atomic E-state index is -0.0755. The summed E-state index contributed by atoms with van der Waals surface area (Å²) in [5.41, 5.74) is 0.743. The number of ether oxygens (including phenoxy) is 2. The number of rotatable bonds is 3. The zero-order chi connectivity index (χ0) is 17.4. The monoisotopic (exact) mass is 362 g/mol. The van der Waals surface area contributed by atoms with Crippen molar-refractivity contribution < 1.29 is 14.3 Å². The van der Waals surface area contributed by atoms with E-state index in [0.717, 1.165) is 24.2 Å². The molecule has 1 amide bonds. The predicted octanol–water partition coefficient (Wildman–Crippen LogP) is 2.44. The highest BCUT2D eigenvalue weighted by Gasteiger charge is 2.33. The van der Waals surface area contributed by atoms with Crippen molar-refractivity contribution in [2.45, 2.75) is 32.2 Å². The van der Waals surface area contributed by atoms with Crippen molar-refractivity contribution in [3.05, 3.63) is 34.4 Å². The van der Waals surface area contributed by atoms with Crippen LogP contribution in [0.3, 0.4) is 0 Å². The molecule has 132 valence electrons. The molecule has 0 bridgehead atoms. The Morgan fingerprint density at radius 3 is 2.84 bits per heavy atom. The molecule has 3 heterocycles. The summed E-state index contributed by atoms with van der Waals surface area (Å²) in [5.74, 6) is 2.72. The van der Waals surface area contributed by atoms with E-state index in [4.69, 9.17) is 21.1 Å². The van der Waals surface area contributed by atoms with Gasteiger partial charge in [-0.3, -0.25) is 9.89 Å². The Hall–Kier alpha value is -2.28. The molecule has 0 aliphatic carbocycles. The Bertz CT molecular complexity index is 807. The Labute approximate surface area is 150 Å². The first-order chi connectivity index (χ1) is 12.1. The van der Waals surface area contributed by atoms with Gasteiger partial charge in [0.1, 0.15) is 19.0 Å². The fourth-order valence-corrected chi connectivity index (χ4v) is 3.57. The summed E-state index contributed by atoms with van der Waals surface area (Å²) in [6.07, 6.45) is 2.03. The Balaban J connectivity index is 1.53. The number of carbonyl (C=O) groups excluding carboxylic acids is 1. The van der Waals surface area contributed by atoms with E-state index >= 15 is 0 Å². The largest absolute Gasteiger partial charge is 0.486 e. The van der Waals surface area contributed by atoms with Gasteiger partial charge in [-0.1, -0.05) is 11.6 Å². The fourth-order valence-electron chi connectivity index (χ4n) is 3.35. The Morgan fingerprint density at radius 2 is 2.12 bits per heavy atom. The number of aromatic nitrogens is 3. The van der Waals surface area contributed by atoms with E-state index in [9.17, 15) is 4.79 Å². The molecule has 1 aromatic heterocycles. The number of hydrogen-bond donors (Lipinski definition) is 1. The van der Waals surface area contributed by atoms with Crippen molar-refractivity contribution in [1.29, 1.82) is 0 Å². The molecule has 8 heteroatoms. The van der Waals surface area contributed by atoms with Crippen LogP contribution in [0, 0.1) is 6.92 Å². The number of H-pyrrole nitrogens is 1. The SMILES string of the molecule is Cc1nc([C@@H]2CCCN2C(=O)Cc2cc3c(cc2Cl)OCCO3)n[nH]1. The molecule has 1 fully saturated rings. The van der Waals surface area contributed by atoms with Gasteiger partial charge < -0.3 is 14.4 Å². The average Bonchev–Trinajstić information content (AvgIpc) is 3.24. The molecule has 25 heavy (non-hydrogen) atoms. The number of aryl methyl sites for hydroxylation is 1. The lowest BCUT2D eigenvalue weighted by molar-refractivity contribution is -0.131. The second kappa shape index (κ2) is 6.55. The molecule has 1 saturated heterocycles. The van der Waals surface area contributed by atoms with Gasteiger partial charge in [-0.25, -0.2) is 4.98 Å². The molecule has 2 aromatic rings. The van der Waals surface area contributed by atoms with Gasteiger partial charge in [0, 0.05) is 17.6 Å². The van der Waals surface area contributed by atoms with E-state index in [2.05, 4.69) is 15.2 Å². The van der Waals surface area contributed by atoms with Gasteiger partial charge in [0.05, 0.1) is 12.5 Å². The Morgan fingerprint density at radius 1 is 1.36 bits per heavy atom. The van der Waals surface area contributed by atoms with E-state index < -0.39 is 0 Å².